The number of nitrogens with one attached hydrogen (secondary N) is 1. The zero-order chi connectivity index (χ0) is 21.4. The molecule has 30 heavy (non-hydrogen) atoms. The molecule has 0 saturated heterocycles. The number of fused-ring (bicyclic) bond motifs is 1. The maximum absolute atomic E-state index is 14.7. The number of urea groups is 1. The largest absolute Gasteiger partial charge is 0.348 e. The average Bonchev–Trinajstić information content (AvgIpc) is 3.40. The van der Waals surface area contributed by atoms with E-state index in [2.05, 4.69) is 5.32 Å². The molecule has 1 aliphatic heterocycles. The molecule has 1 aliphatic carbocycles. The van der Waals surface area contributed by atoms with Crippen LogP contribution in [-0.4, -0.2) is 51.5 Å². The Balaban J connectivity index is 1.62. The summed E-state index contributed by atoms with van der Waals surface area (Å²) in [6.07, 6.45) is 3.63. The van der Waals surface area contributed by atoms with Gasteiger partial charge in [0.2, 0.25) is 5.91 Å². The minimum Gasteiger partial charge on any atom is -0.348 e. The van der Waals surface area contributed by atoms with Crippen LogP contribution in [0.2, 0.25) is 0 Å². The van der Waals surface area contributed by atoms with E-state index < -0.39 is 17.7 Å². The highest BCUT2D eigenvalue weighted by Crippen LogP contribution is 2.35. The van der Waals surface area contributed by atoms with Gasteiger partial charge in [-0.05, 0) is 44.9 Å². The van der Waals surface area contributed by atoms with E-state index in [0.29, 0.717) is 13.1 Å². The summed E-state index contributed by atoms with van der Waals surface area (Å²) in [7, 11) is 0. The summed E-state index contributed by atoms with van der Waals surface area (Å²) in [6, 6.07) is 6.23. The summed E-state index contributed by atoms with van der Waals surface area (Å²) in [5.74, 6) is -1.60. The summed E-state index contributed by atoms with van der Waals surface area (Å²) in [5, 5.41) is 2.85. The Bertz CT molecular complexity index is 954. The topological polar surface area (TPSA) is 57.6 Å². The van der Waals surface area contributed by atoms with E-state index in [1.54, 1.807) is 9.80 Å². The summed E-state index contributed by atoms with van der Waals surface area (Å²) < 4.78 is 30.1. The van der Waals surface area contributed by atoms with Crippen molar-refractivity contribution >= 4 is 11.9 Å². The van der Waals surface area contributed by atoms with Crippen LogP contribution in [0.4, 0.5) is 13.6 Å². The van der Waals surface area contributed by atoms with Crippen LogP contribution in [0.15, 0.2) is 36.5 Å². The molecule has 6 nitrogen and oxygen atoms in total. The highest BCUT2D eigenvalue weighted by atomic mass is 19.1. The maximum atomic E-state index is 14.7. The molecule has 1 saturated carbocycles. The van der Waals surface area contributed by atoms with Crippen molar-refractivity contribution in [3.05, 3.63) is 59.4 Å². The van der Waals surface area contributed by atoms with Crippen LogP contribution >= 0.6 is 0 Å². The van der Waals surface area contributed by atoms with Crippen LogP contribution in [0.25, 0.3) is 0 Å². The van der Waals surface area contributed by atoms with Gasteiger partial charge in [-0.2, -0.15) is 0 Å². The molecule has 3 amide bonds. The molecule has 0 radical (unpaired) electrons. The van der Waals surface area contributed by atoms with Crippen LogP contribution in [0.1, 0.15) is 44.0 Å². The van der Waals surface area contributed by atoms with Crippen LogP contribution in [-0.2, 0) is 11.3 Å². The monoisotopic (exact) mass is 416 g/mol. The zero-order valence-corrected chi connectivity index (χ0v) is 17.1. The smallest absolute Gasteiger partial charge is 0.318 e. The van der Waals surface area contributed by atoms with Gasteiger partial charge in [-0.25, -0.2) is 13.6 Å². The summed E-state index contributed by atoms with van der Waals surface area (Å²) in [4.78, 5) is 29.1. The van der Waals surface area contributed by atoms with Crippen molar-refractivity contribution in [3.63, 3.8) is 0 Å². The van der Waals surface area contributed by atoms with Crippen molar-refractivity contribution in [1.82, 2.24) is 19.7 Å². The number of halogens is 2. The van der Waals surface area contributed by atoms with Crippen molar-refractivity contribution in [1.29, 1.82) is 0 Å². The van der Waals surface area contributed by atoms with Gasteiger partial charge in [-0.1, -0.05) is 6.07 Å². The van der Waals surface area contributed by atoms with Gasteiger partial charge < -0.3 is 19.7 Å². The second-order valence-electron chi connectivity index (χ2n) is 8.25. The third kappa shape index (κ3) is 4.04. The molecule has 2 heterocycles. The van der Waals surface area contributed by atoms with E-state index in [1.165, 1.54) is 12.1 Å². The van der Waals surface area contributed by atoms with Gasteiger partial charge in [-0.15, -0.1) is 0 Å². The second-order valence-corrected chi connectivity index (χ2v) is 8.25. The normalized spacial score (nSPS) is 18.3. The lowest BCUT2D eigenvalue weighted by Crippen LogP contribution is -2.51. The van der Waals surface area contributed by atoms with Gasteiger partial charge in [0.25, 0.3) is 0 Å². The quantitative estimate of drug-likeness (QED) is 0.813. The molecule has 160 valence electrons. The van der Waals surface area contributed by atoms with Gasteiger partial charge in [0, 0.05) is 48.7 Å². The van der Waals surface area contributed by atoms with Gasteiger partial charge >= 0.3 is 6.03 Å². The molecule has 8 heteroatoms. The predicted molar refractivity (Wildman–Crippen MR) is 108 cm³/mol. The molecule has 0 spiro atoms. The molecule has 1 fully saturated rings. The van der Waals surface area contributed by atoms with E-state index in [1.807, 2.05) is 36.7 Å². The van der Waals surface area contributed by atoms with Crippen LogP contribution in [0, 0.1) is 11.6 Å². The van der Waals surface area contributed by atoms with Crippen molar-refractivity contribution in [2.45, 2.75) is 51.4 Å². The number of benzene rings is 1. The SMILES string of the molecule is CC(C)NC(=O)N(CC(=O)N1CCn2cccc2C1c1ccc(F)cc1F)C1CC1. The molecule has 2 aliphatic rings. The lowest BCUT2D eigenvalue weighted by molar-refractivity contribution is -0.134. The first-order valence-electron chi connectivity index (χ1n) is 10.3. The number of aromatic nitrogens is 1. The van der Waals surface area contributed by atoms with Crippen LogP contribution in [0.3, 0.4) is 0 Å². The Morgan fingerprint density at radius 2 is 1.97 bits per heavy atom. The first-order chi connectivity index (χ1) is 14.3. The fourth-order valence-corrected chi connectivity index (χ4v) is 4.02. The fraction of sp³-hybridized carbons (Fsp3) is 0.455. The maximum Gasteiger partial charge on any atom is 0.318 e. The Hall–Kier alpha value is -2.90. The number of hydrogen-bond donors (Lipinski definition) is 1. The Morgan fingerprint density at radius 3 is 2.63 bits per heavy atom. The van der Waals surface area contributed by atoms with E-state index in [-0.39, 0.29) is 36.1 Å². The minimum absolute atomic E-state index is 0.0341. The first-order valence-corrected chi connectivity index (χ1v) is 10.3. The fourth-order valence-electron chi connectivity index (χ4n) is 4.02. The number of amides is 3. The number of rotatable bonds is 5. The van der Waals surface area contributed by atoms with E-state index in [0.717, 1.165) is 24.6 Å². The molecule has 1 N–H and O–H groups in total. The van der Waals surface area contributed by atoms with Gasteiger partial charge in [0.1, 0.15) is 24.2 Å². The van der Waals surface area contributed by atoms with Crippen molar-refractivity contribution in [2.24, 2.45) is 0 Å². The lowest BCUT2D eigenvalue weighted by Gasteiger charge is -2.38. The number of nitrogens with zero attached hydrogens (tertiary/aromatic N) is 3. The summed E-state index contributed by atoms with van der Waals surface area (Å²) >= 11 is 0. The molecule has 1 aromatic heterocycles. The van der Waals surface area contributed by atoms with Crippen LogP contribution < -0.4 is 5.32 Å². The third-order valence-electron chi connectivity index (χ3n) is 5.58. The van der Waals surface area contributed by atoms with Gasteiger partial charge in [0.05, 0.1) is 0 Å². The third-order valence-corrected chi connectivity index (χ3v) is 5.58. The minimum atomic E-state index is -0.691. The molecule has 1 aromatic carbocycles. The number of carbonyl (C=O) groups excluding carboxylic acids is 2. The molecule has 0 bridgehead atoms. The molecule has 4 rings (SSSR count). The Morgan fingerprint density at radius 1 is 1.20 bits per heavy atom. The van der Waals surface area contributed by atoms with Gasteiger partial charge in [-0.3, -0.25) is 4.79 Å². The van der Waals surface area contributed by atoms with E-state index in [9.17, 15) is 18.4 Å². The molecular weight excluding hydrogens is 390 g/mol. The van der Waals surface area contributed by atoms with Crippen molar-refractivity contribution in [2.75, 3.05) is 13.1 Å². The average molecular weight is 416 g/mol. The standard InChI is InChI=1S/C22H26F2N4O2/c1-14(2)25-22(30)28(16-6-7-16)13-20(29)27-11-10-26-9-3-4-19(26)21(27)17-8-5-15(23)12-18(17)24/h3-5,8-9,12,14,16,21H,6-7,10-11,13H2,1-2H3,(H,25,30). The number of hydrogen-bond acceptors (Lipinski definition) is 2. The highest BCUT2D eigenvalue weighted by molar-refractivity contribution is 5.85. The Labute approximate surface area is 174 Å². The lowest BCUT2D eigenvalue weighted by atomic mass is 9.99. The second kappa shape index (κ2) is 8.08. The van der Waals surface area contributed by atoms with Crippen molar-refractivity contribution in [3.8, 4) is 0 Å². The predicted octanol–water partition coefficient (Wildman–Crippen LogP) is 3.28. The Kier molecular flexibility index (Phi) is 5.49. The molecular formula is C22H26F2N4O2. The van der Waals surface area contributed by atoms with Crippen molar-refractivity contribution < 1.29 is 18.4 Å². The van der Waals surface area contributed by atoms with Gasteiger partial charge in [0.15, 0.2) is 0 Å². The zero-order valence-electron chi connectivity index (χ0n) is 17.1. The summed E-state index contributed by atoms with van der Waals surface area (Å²) in [5.41, 5.74) is 1.01. The van der Waals surface area contributed by atoms with E-state index >= 15 is 0 Å². The first kappa shape index (κ1) is 20.4. The van der Waals surface area contributed by atoms with E-state index in [4.69, 9.17) is 0 Å². The highest BCUT2D eigenvalue weighted by Gasteiger charge is 2.38. The number of carbonyl (C=O) groups is 2. The summed E-state index contributed by atoms with van der Waals surface area (Å²) in [6.45, 7) is 4.64. The van der Waals surface area contributed by atoms with Crippen LogP contribution in [0.5, 0.6) is 0 Å². The molecule has 2 aromatic rings. The molecule has 1 atom stereocenters. The molecule has 1 unspecified atom stereocenters.